The van der Waals surface area contributed by atoms with E-state index in [1.165, 1.54) is 225 Å². The van der Waals surface area contributed by atoms with Crippen LogP contribution in [0.5, 0.6) is 0 Å². The largest absolute Gasteiger partial charge is 0.472 e. The van der Waals surface area contributed by atoms with Gasteiger partial charge in [0.05, 0.1) is 13.2 Å². The number of carbonyl (C=O) groups is 2. The van der Waals surface area contributed by atoms with Gasteiger partial charge in [-0.2, -0.15) is 0 Å². The lowest BCUT2D eigenvalue weighted by molar-refractivity contribution is -0.161. The molecule has 9 nitrogen and oxygen atoms in total. The zero-order valence-electron chi connectivity index (χ0n) is 55.6. The second-order valence-corrected chi connectivity index (χ2v) is 25.5. The summed E-state index contributed by atoms with van der Waals surface area (Å²) in [7, 11) is -4.40. The number of phosphoric acid groups is 1. The summed E-state index contributed by atoms with van der Waals surface area (Å²) in [4.78, 5) is 35.4. The SMILES string of the molecule is CC/C=C\C/C=C\C/C=C\C/C=C\C/C=C\C/C=C\C/C=C\CCCCCCCCCCCC(=O)OC(COC(=O)CCCCCCCCCCCCCCCCCCCCCCCCCCCCCCCCCCC)COP(=O)(O)OCCN. The van der Waals surface area contributed by atoms with Crippen molar-refractivity contribution in [2.24, 2.45) is 5.73 Å². The van der Waals surface area contributed by atoms with Crippen LogP contribution in [0.1, 0.15) is 348 Å². The topological polar surface area (TPSA) is 134 Å². The number of carbonyl (C=O) groups excluding carboxylic acids is 2. The van der Waals surface area contributed by atoms with Gasteiger partial charge >= 0.3 is 19.8 Å². The van der Waals surface area contributed by atoms with Crippen molar-refractivity contribution in [2.75, 3.05) is 26.4 Å². The van der Waals surface area contributed by atoms with Crippen molar-refractivity contribution in [1.82, 2.24) is 0 Å². The molecule has 0 spiro atoms. The summed E-state index contributed by atoms with van der Waals surface area (Å²) in [5.74, 6) is -0.823. The van der Waals surface area contributed by atoms with Crippen molar-refractivity contribution in [1.29, 1.82) is 0 Å². The second kappa shape index (κ2) is 70.3. The van der Waals surface area contributed by atoms with Gasteiger partial charge in [0.2, 0.25) is 0 Å². The molecule has 0 radical (unpaired) electrons. The van der Waals surface area contributed by atoms with E-state index in [1.807, 2.05) is 0 Å². The minimum absolute atomic E-state index is 0.0504. The summed E-state index contributed by atoms with van der Waals surface area (Å²) in [6.45, 7) is 3.67. The normalized spacial score (nSPS) is 13.4. The monoisotopic (exact) mass is 1210 g/mol. The molecule has 0 bridgehead atoms. The van der Waals surface area contributed by atoms with E-state index in [2.05, 4.69) is 98.9 Å². The highest BCUT2D eigenvalue weighted by molar-refractivity contribution is 7.47. The maximum absolute atomic E-state index is 12.8. The van der Waals surface area contributed by atoms with Crippen LogP contribution in [0.4, 0.5) is 0 Å². The zero-order valence-corrected chi connectivity index (χ0v) is 56.5. The van der Waals surface area contributed by atoms with Gasteiger partial charge in [-0.05, 0) is 70.6 Å². The Hall–Kier alpha value is -2.81. The van der Waals surface area contributed by atoms with E-state index < -0.39 is 26.5 Å². The molecule has 3 N–H and O–H groups in total. The van der Waals surface area contributed by atoms with Crippen LogP contribution in [-0.4, -0.2) is 49.3 Å². The van der Waals surface area contributed by atoms with E-state index in [-0.39, 0.29) is 38.6 Å². The lowest BCUT2D eigenvalue weighted by Gasteiger charge is -2.19. The van der Waals surface area contributed by atoms with E-state index in [4.69, 9.17) is 24.3 Å². The average molecular weight is 1210 g/mol. The van der Waals surface area contributed by atoms with Crippen LogP contribution in [0.25, 0.3) is 0 Å². The number of hydrogen-bond acceptors (Lipinski definition) is 8. The third-order valence-corrected chi connectivity index (χ3v) is 16.8. The van der Waals surface area contributed by atoms with Crippen LogP contribution in [0.3, 0.4) is 0 Å². The van der Waals surface area contributed by atoms with Crippen LogP contribution < -0.4 is 5.73 Å². The Bertz CT molecular complexity index is 1670. The van der Waals surface area contributed by atoms with Crippen molar-refractivity contribution in [3.05, 3.63) is 85.1 Å². The molecule has 0 aromatic rings. The van der Waals surface area contributed by atoms with Gasteiger partial charge in [-0.15, -0.1) is 0 Å². The summed E-state index contributed by atoms with van der Waals surface area (Å²) in [6.07, 6.45) is 94.0. The Morgan fingerprint density at radius 2 is 0.647 bits per heavy atom. The summed E-state index contributed by atoms with van der Waals surface area (Å²) < 4.78 is 33.2. The Balaban J connectivity index is 3.87. The molecule has 494 valence electrons. The fraction of sp³-hybridized carbons (Fsp3) is 0.787. The number of allylic oxidation sites excluding steroid dienone is 14. The quantitative estimate of drug-likeness (QED) is 0.0264. The molecule has 0 aliphatic rings. The molecule has 0 saturated carbocycles. The van der Waals surface area contributed by atoms with Gasteiger partial charge in [-0.3, -0.25) is 18.6 Å². The highest BCUT2D eigenvalue weighted by Crippen LogP contribution is 2.43. The highest BCUT2D eigenvalue weighted by atomic mass is 31.2. The third-order valence-electron chi connectivity index (χ3n) is 15.8. The summed E-state index contributed by atoms with van der Waals surface area (Å²) in [6, 6.07) is 0. The fourth-order valence-electron chi connectivity index (χ4n) is 10.5. The van der Waals surface area contributed by atoms with Crippen molar-refractivity contribution in [3.63, 3.8) is 0 Å². The Kier molecular flexibility index (Phi) is 68.0. The second-order valence-electron chi connectivity index (χ2n) is 24.1. The molecular weight excluding hydrogens is 1070 g/mol. The van der Waals surface area contributed by atoms with Gasteiger partial charge in [-0.25, -0.2) is 4.57 Å². The molecule has 0 fully saturated rings. The summed E-state index contributed by atoms with van der Waals surface area (Å²) in [5, 5.41) is 0. The first kappa shape index (κ1) is 82.2. The molecule has 10 heteroatoms. The van der Waals surface area contributed by atoms with Crippen molar-refractivity contribution < 1.29 is 37.6 Å². The predicted octanol–water partition coefficient (Wildman–Crippen LogP) is 23.8. The molecule has 85 heavy (non-hydrogen) atoms. The first-order valence-corrected chi connectivity index (χ1v) is 37.6. The standard InChI is InChI=1S/C75H136NO8P/c1-3-5-7-9-11-13-15-17-19-21-23-25-27-29-31-33-35-36-38-39-41-43-45-47-49-51-53-55-57-59-61-63-65-67-74(77)81-71-73(72-83-85(79,80)82-70-69-76)84-75(78)68-66-64-62-60-58-56-54-52-50-48-46-44-42-40-37-34-32-30-28-26-24-22-20-18-16-14-12-10-8-6-4-2/h6,8,12,14,18,20,24,26,30,32,37,40,44,46,73H,3-5,7,9-11,13,15-17,19,21-23,25,27-29,31,33-36,38-39,41-43,45,47-72,76H2,1-2H3,(H,79,80)/b8-6-,14-12-,20-18-,26-24-,32-30-,40-37-,46-44-. The lowest BCUT2D eigenvalue weighted by atomic mass is 10.0. The van der Waals surface area contributed by atoms with Gasteiger partial charge in [-0.1, -0.05) is 349 Å². The zero-order chi connectivity index (χ0) is 61.6. The van der Waals surface area contributed by atoms with E-state index in [0.717, 1.165) is 89.9 Å². The van der Waals surface area contributed by atoms with Gasteiger partial charge in [0.25, 0.3) is 0 Å². The molecule has 0 amide bonds. The van der Waals surface area contributed by atoms with E-state index in [0.29, 0.717) is 6.42 Å². The molecule has 0 saturated heterocycles. The molecule has 0 rings (SSSR count). The lowest BCUT2D eigenvalue weighted by Crippen LogP contribution is -2.29. The molecule has 2 unspecified atom stereocenters. The van der Waals surface area contributed by atoms with Crippen molar-refractivity contribution >= 4 is 19.8 Å². The number of unbranched alkanes of at least 4 members (excludes halogenated alkanes) is 41. The molecule has 2 atom stereocenters. The Morgan fingerprint density at radius 3 is 0.965 bits per heavy atom. The molecule has 0 aromatic heterocycles. The fourth-order valence-corrected chi connectivity index (χ4v) is 11.3. The summed E-state index contributed by atoms with van der Waals surface area (Å²) >= 11 is 0. The third kappa shape index (κ3) is 70.2. The smallest absolute Gasteiger partial charge is 0.462 e. The van der Waals surface area contributed by atoms with E-state index in [9.17, 15) is 19.0 Å². The number of nitrogens with two attached hydrogens (primary N) is 1. The summed E-state index contributed by atoms with van der Waals surface area (Å²) in [5.41, 5.74) is 5.40. The van der Waals surface area contributed by atoms with Crippen molar-refractivity contribution in [2.45, 2.75) is 354 Å². The van der Waals surface area contributed by atoms with Gasteiger partial charge in [0.15, 0.2) is 6.10 Å². The van der Waals surface area contributed by atoms with Gasteiger partial charge < -0.3 is 20.1 Å². The average Bonchev–Trinajstić information content (AvgIpc) is 3.52. The van der Waals surface area contributed by atoms with Crippen LogP contribution in [0, 0.1) is 0 Å². The molecule has 0 heterocycles. The van der Waals surface area contributed by atoms with Crippen LogP contribution in [-0.2, 0) is 32.7 Å². The Morgan fingerprint density at radius 1 is 0.365 bits per heavy atom. The van der Waals surface area contributed by atoms with Crippen molar-refractivity contribution in [3.8, 4) is 0 Å². The van der Waals surface area contributed by atoms with Crippen LogP contribution in [0.2, 0.25) is 0 Å². The highest BCUT2D eigenvalue weighted by Gasteiger charge is 2.26. The van der Waals surface area contributed by atoms with Crippen LogP contribution in [0.15, 0.2) is 85.1 Å². The molecular formula is C75H136NO8P. The Labute approximate surface area is 525 Å². The number of phosphoric ester groups is 1. The molecule has 0 aromatic carbocycles. The number of hydrogen-bond donors (Lipinski definition) is 2. The maximum Gasteiger partial charge on any atom is 0.472 e. The molecule has 0 aliphatic heterocycles. The first-order valence-electron chi connectivity index (χ1n) is 36.1. The number of rotatable bonds is 68. The minimum Gasteiger partial charge on any atom is -0.462 e. The van der Waals surface area contributed by atoms with E-state index in [1.54, 1.807) is 0 Å². The maximum atomic E-state index is 12.8. The number of esters is 2. The van der Waals surface area contributed by atoms with Crippen LogP contribution >= 0.6 is 7.82 Å². The van der Waals surface area contributed by atoms with E-state index >= 15 is 0 Å². The first-order chi connectivity index (χ1) is 41.8. The number of ether oxygens (including phenoxy) is 2. The molecule has 0 aliphatic carbocycles. The van der Waals surface area contributed by atoms with Gasteiger partial charge in [0, 0.05) is 19.4 Å². The van der Waals surface area contributed by atoms with Gasteiger partial charge in [0.1, 0.15) is 6.61 Å². The minimum atomic E-state index is -4.40. The predicted molar refractivity (Wildman–Crippen MR) is 367 cm³/mol.